The zero-order valence-corrected chi connectivity index (χ0v) is 18.3. The number of aromatic nitrogens is 1. The van der Waals surface area contributed by atoms with Crippen molar-refractivity contribution in [2.24, 2.45) is 0 Å². The second-order valence-electron chi connectivity index (χ2n) is 7.60. The fraction of sp³-hybridized carbons (Fsp3) is 0.192. The van der Waals surface area contributed by atoms with E-state index in [0.717, 1.165) is 34.6 Å². The van der Waals surface area contributed by atoms with Crippen LogP contribution in [-0.4, -0.2) is 32.4 Å². The number of rotatable bonds is 5. The summed E-state index contributed by atoms with van der Waals surface area (Å²) in [4.78, 5) is 6.71. The first-order valence-electron chi connectivity index (χ1n) is 10.5. The SMILES string of the molecule is COc1cc2nccc(Oc3ccc4c(c3)OCCN4c3ccc(C)cc3)c2cc1OC. The molecule has 0 atom stereocenters. The van der Waals surface area contributed by atoms with Gasteiger partial charge >= 0.3 is 0 Å². The number of aryl methyl sites for hydroxylation is 1. The van der Waals surface area contributed by atoms with E-state index in [2.05, 4.69) is 41.1 Å². The number of benzene rings is 3. The van der Waals surface area contributed by atoms with Crippen LogP contribution in [0.3, 0.4) is 0 Å². The number of methoxy groups -OCH3 is 2. The largest absolute Gasteiger partial charge is 0.493 e. The lowest BCUT2D eigenvalue weighted by Crippen LogP contribution is -2.28. The highest BCUT2D eigenvalue weighted by atomic mass is 16.5. The lowest BCUT2D eigenvalue weighted by molar-refractivity contribution is 0.312. The molecule has 4 aromatic rings. The number of fused-ring (bicyclic) bond motifs is 2. The van der Waals surface area contributed by atoms with E-state index in [1.807, 2.05) is 36.4 Å². The number of nitrogens with zero attached hydrogens (tertiary/aromatic N) is 2. The summed E-state index contributed by atoms with van der Waals surface area (Å²) < 4.78 is 23.1. The van der Waals surface area contributed by atoms with E-state index in [0.29, 0.717) is 29.6 Å². The van der Waals surface area contributed by atoms with Crippen molar-refractivity contribution in [2.45, 2.75) is 6.92 Å². The predicted molar refractivity (Wildman–Crippen MR) is 125 cm³/mol. The van der Waals surface area contributed by atoms with Gasteiger partial charge in [0.1, 0.15) is 23.9 Å². The third-order valence-electron chi connectivity index (χ3n) is 5.57. The van der Waals surface area contributed by atoms with E-state index in [4.69, 9.17) is 18.9 Å². The Hall–Kier alpha value is -3.93. The maximum absolute atomic E-state index is 6.25. The van der Waals surface area contributed by atoms with Crippen LogP contribution in [0.4, 0.5) is 11.4 Å². The summed E-state index contributed by atoms with van der Waals surface area (Å²) in [6.45, 7) is 3.50. The van der Waals surface area contributed by atoms with Gasteiger partial charge in [0.05, 0.1) is 32.0 Å². The number of pyridine rings is 1. The van der Waals surface area contributed by atoms with E-state index in [1.165, 1.54) is 5.56 Å². The molecule has 0 fully saturated rings. The smallest absolute Gasteiger partial charge is 0.162 e. The highest BCUT2D eigenvalue weighted by Crippen LogP contribution is 2.41. The van der Waals surface area contributed by atoms with Crippen LogP contribution in [0.1, 0.15) is 5.56 Å². The molecule has 6 heteroatoms. The molecule has 0 unspecified atom stereocenters. The fourth-order valence-electron chi connectivity index (χ4n) is 3.92. The lowest BCUT2D eigenvalue weighted by Gasteiger charge is -2.31. The highest BCUT2D eigenvalue weighted by molar-refractivity contribution is 5.88. The summed E-state index contributed by atoms with van der Waals surface area (Å²) in [5.41, 5.74) is 4.18. The van der Waals surface area contributed by atoms with Crippen LogP contribution in [0.5, 0.6) is 28.7 Å². The summed E-state index contributed by atoms with van der Waals surface area (Å²) >= 11 is 0. The van der Waals surface area contributed by atoms with Crippen molar-refractivity contribution in [3.05, 3.63) is 72.4 Å². The topological polar surface area (TPSA) is 53.0 Å². The van der Waals surface area contributed by atoms with E-state index >= 15 is 0 Å². The van der Waals surface area contributed by atoms with Crippen molar-refractivity contribution >= 4 is 22.3 Å². The van der Waals surface area contributed by atoms with E-state index < -0.39 is 0 Å². The Bertz CT molecular complexity index is 1270. The van der Waals surface area contributed by atoms with Crippen molar-refractivity contribution < 1.29 is 18.9 Å². The molecule has 0 radical (unpaired) electrons. The van der Waals surface area contributed by atoms with Crippen LogP contribution in [0.25, 0.3) is 10.9 Å². The molecule has 2 heterocycles. The molecule has 0 saturated carbocycles. The molecule has 1 aliphatic rings. The lowest BCUT2D eigenvalue weighted by atomic mass is 10.1. The number of hydrogen-bond acceptors (Lipinski definition) is 6. The number of hydrogen-bond donors (Lipinski definition) is 0. The average molecular weight is 428 g/mol. The maximum Gasteiger partial charge on any atom is 0.162 e. The van der Waals surface area contributed by atoms with Crippen molar-refractivity contribution in [3.63, 3.8) is 0 Å². The summed E-state index contributed by atoms with van der Waals surface area (Å²) in [5, 5.41) is 0.838. The predicted octanol–water partition coefficient (Wildman–Crippen LogP) is 5.88. The van der Waals surface area contributed by atoms with Gasteiger partial charge in [-0.1, -0.05) is 17.7 Å². The molecular formula is C26H24N2O4. The summed E-state index contributed by atoms with van der Waals surface area (Å²) in [5.74, 6) is 3.43. The Morgan fingerprint density at radius 1 is 0.875 bits per heavy atom. The first-order chi connectivity index (χ1) is 15.7. The molecule has 1 aliphatic heterocycles. The Kier molecular flexibility index (Phi) is 5.19. The monoisotopic (exact) mass is 428 g/mol. The van der Waals surface area contributed by atoms with E-state index in [1.54, 1.807) is 20.4 Å². The number of ether oxygens (including phenoxy) is 4. The third-order valence-corrected chi connectivity index (χ3v) is 5.57. The molecular weight excluding hydrogens is 404 g/mol. The quantitative estimate of drug-likeness (QED) is 0.395. The molecule has 3 aromatic carbocycles. The molecule has 32 heavy (non-hydrogen) atoms. The molecule has 0 saturated heterocycles. The summed E-state index contributed by atoms with van der Waals surface area (Å²) in [6.07, 6.45) is 1.72. The normalized spacial score (nSPS) is 12.8. The minimum absolute atomic E-state index is 0.611. The van der Waals surface area contributed by atoms with Crippen molar-refractivity contribution in [1.82, 2.24) is 4.98 Å². The van der Waals surface area contributed by atoms with Gasteiger partial charge in [-0.25, -0.2) is 0 Å². The Morgan fingerprint density at radius 3 is 2.44 bits per heavy atom. The van der Waals surface area contributed by atoms with E-state index in [9.17, 15) is 0 Å². The van der Waals surface area contributed by atoms with Crippen LogP contribution in [0.2, 0.25) is 0 Å². The Balaban J connectivity index is 1.48. The van der Waals surface area contributed by atoms with Gasteiger partial charge in [-0.15, -0.1) is 0 Å². The van der Waals surface area contributed by atoms with E-state index in [-0.39, 0.29) is 0 Å². The molecule has 0 amide bonds. The molecule has 162 valence electrons. The maximum atomic E-state index is 6.25. The molecule has 1 aromatic heterocycles. The molecule has 0 bridgehead atoms. The standard InChI is InChI=1S/C26H24N2O4/c1-17-4-6-18(7-5-17)28-12-13-31-24-14-19(8-9-22(24)28)32-23-10-11-27-21-16-26(30-3)25(29-2)15-20(21)23/h4-11,14-16H,12-13H2,1-3H3. The van der Waals surface area contributed by atoms with Crippen LogP contribution < -0.4 is 23.8 Å². The molecule has 6 nitrogen and oxygen atoms in total. The zero-order valence-electron chi connectivity index (χ0n) is 18.3. The van der Waals surface area contributed by atoms with Crippen LogP contribution in [0.15, 0.2) is 66.9 Å². The van der Waals surface area contributed by atoms with Gasteiger partial charge in [0.25, 0.3) is 0 Å². The van der Waals surface area contributed by atoms with Gasteiger partial charge < -0.3 is 23.8 Å². The number of anilines is 2. The minimum Gasteiger partial charge on any atom is -0.493 e. The van der Waals surface area contributed by atoms with Crippen molar-refractivity contribution in [1.29, 1.82) is 0 Å². The average Bonchev–Trinajstić information content (AvgIpc) is 2.83. The van der Waals surface area contributed by atoms with Crippen LogP contribution in [-0.2, 0) is 0 Å². The fourth-order valence-corrected chi connectivity index (χ4v) is 3.92. The van der Waals surface area contributed by atoms with Gasteiger partial charge in [0.15, 0.2) is 11.5 Å². The molecule has 0 spiro atoms. The van der Waals surface area contributed by atoms with Gasteiger partial charge in [0.2, 0.25) is 0 Å². The second kappa shape index (κ2) is 8.30. The van der Waals surface area contributed by atoms with Crippen molar-refractivity contribution in [3.8, 4) is 28.7 Å². The summed E-state index contributed by atoms with van der Waals surface area (Å²) in [6, 6.07) is 20.0. The third kappa shape index (κ3) is 3.64. The zero-order chi connectivity index (χ0) is 22.1. The molecule has 5 rings (SSSR count). The van der Waals surface area contributed by atoms with Crippen LogP contribution in [0, 0.1) is 6.92 Å². The molecule has 0 N–H and O–H groups in total. The van der Waals surface area contributed by atoms with Gasteiger partial charge in [-0.3, -0.25) is 4.98 Å². The first-order valence-corrected chi connectivity index (χ1v) is 10.5. The van der Waals surface area contributed by atoms with Crippen molar-refractivity contribution in [2.75, 3.05) is 32.3 Å². The first kappa shape index (κ1) is 20.0. The van der Waals surface area contributed by atoms with Gasteiger partial charge in [-0.05, 0) is 43.3 Å². The van der Waals surface area contributed by atoms with Crippen LogP contribution >= 0.6 is 0 Å². The summed E-state index contributed by atoms with van der Waals surface area (Å²) in [7, 11) is 3.22. The molecule has 0 aliphatic carbocycles. The highest BCUT2D eigenvalue weighted by Gasteiger charge is 2.20. The minimum atomic E-state index is 0.611. The Labute approximate surface area is 186 Å². The Morgan fingerprint density at radius 2 is 1.66 bits per heavy atom. The van der Waals surface area contributed by atoms with Gasteiger partial charge in [0, 0.05) is 29.4 Å². The second-order valence-corrected chi connectivity index (χ2v) is 7.60. The van der Waals surface area contributed by atoms with Gasteiger partial charge in [-0.2, -0.15) is 0 Å².